The maximum atomic E-state index is 12.6. The monoisotopic (exact) mass is 334 g/mol. The molecule has 1 aliphatic carbocycles. The van der Waals surface area contributed by atoms with E-state index in [1.165, 1.54) is 4.90 Å². The Labute approximate surface area is 142 Å². The Kier molecular flexibility index (Phi) is 5.79. The molecule has 0 aromatic rings. The Hall–Kier alpha value is -1.86. The van der Waals surface area contributed by atoms with Gasteiger partial charge in [-0.05, 0) is 39.3 Å². The molecule has 0 bridgehead atoms. The van der Waals surface area contributed by atoms with E-state index in [9.17, 15) is 9.59 Å². The van der Waals surface area contributed by atoms with E-state index in [1.807, 2.05) is 38.1 Å². The fourth-order valence-corrected chi connectivity index (χ4v) is 2.70. The number of thiocarbonyl (C=S) groups is 1. The van der Waals surface area contributed by atoms with Crippen molar-refractivity contribution in [2.24, 2.45) is 10.9 Å². The largest absolute Gasteiger partial charge is 0.340 e. The molecular formula is C16H22N4O2S. The Bertz CT molecular complexity index is 595. The van der Waals surface area contributed by atoms with E-state index in [2.05, 4.69) is 4.99 Å². The molecule has 0 saturated carbocycles. The van der Waals surface area contributed by atoms with Gasteiger partial charge in [-0.15, -0.1) is 0 Å². The number of fused-ring (bicyclic) bond motifs is 1. The molecule has 23 heavy (non-hydrogen) atoms. The minimum Gasteiger partial charge on any atom is -0.340 e. The Balaban J connectivity index is 2.06. The number of nitrogens with zero attached hydrogens (tertiary/aromatic N) is 4. The van der Waals surface area contributed by atoms with Gasteiger partial charge in [0.15, 0.2) is 0 Å². The van der Waals surface area contributed by atoms with Crippen LogP contribution in [0.2, 0.25) is 0 Å². The highest BCUT2D eigenvalue weighted by atomic mass is 32.1. The highest BCUT2D eigenvalue weighted by Crippen LogP contribution is 2.19. The first kappa shape index (κ1) is 17.5. The number of rotatable bonds is 6. The lowest BCUT2D eigenvalue weighted by Crippen LogP contribution is -2.51. The van der Waals surface area contributed by atoms with E-state index in [1.54, 1.807) is 17.1 Å². The van der Waals surface area contributed by atoms with Crippen LogP contribution in [0.5, 0.6) is 0 Å². The van der Waals surface area contributed by atoms with Gasteiger partial charge < -0.3 is 9.80 Å². The topological polar surface area (TPSA) is 56.2 Å². The molecule has 0 aromatic heterocycles. The van der Waals surface area contributed by atoms with Gasteiger partial charge in [0.05, 0.1) is 11.6 Å². The summed E-state index contributed by atoms with van der Waals surface area (Å²) in [6, 6.07) is 0. The highest BCUT2D eigenvalue weighted by molar-refractivity contribution is 7.80. The van der Waals surface area contributed by atoms with Crippen molar-refractivity contribution in [2.75, 3.05) is 40.3 Å². The zero-order valence-corrected chi connectivity index (χ0v) is 14.5. The summed E-state index contributed by atoms with van der Waals surface area (Å²) >= 11 is 5.20. The number of aliphatic imine (C=N–C) groups is 1. The lowest BCUT2D eigenvalue weighted by atomic mass is 9.95. The van der Waals surface area contributed by atoms with E-state index in [-0.39, 0.29) is 23.5 Å². The van der Waals surface area contributed by atoms with Crippen LogP contribution in [-0.2, 0) is 9.59 Å². The Morgan fingerprint density at radius 2 is 2.09 bits per heavy atom. The van der Waals surface area contributed by atoms with Crippen LogP contribution in [-0.4, -0.2) is 77.6 Å². The van der Waals surface area contributed by atoms with Crippen molar-refractivity contribution in [1.29, 1.82) is 0 Å². The zero-order valence-electron chi connectivity index (χ0n) is 13.7. The molecule has 124 valence electrons. The molecular weight excluding hydrogens is 312 g/mol. The second-order valence-corrected chi connectivity index (χ2v) is 6.11. The second kappa shape index (κ2) is 7.61. The van der Waals surface area contributed by atoms with E-state index < -0.39 is 5.92 Å². The number of carbonyl (C=O) groups is 2. The molecule has 7 heteroatoms. The van der Waals surface area contributed by atoms with Crippen LogP contribution in [0.15, 0.2) is 29.3 Å². The molecule has 6 nitrogen and oxygen atoms in total. The van der Waals surface area contributed by atoms with Gasteiger partial charge in [0, 0.05) is 19.6 Å². The second-order valence-electron chi connectivity index (χ2n) is 5.74. The molecule has 1 unspecified atom stereocenters. The molecule has 2 aliphatic rings. The van der Waals surface area contributed by atoms with Crippen molar-refractivity contribution in [3.8, 4) is 0 Å². The summed E-state index contributed by atoms with van der Waals surface area (Å²) in [5.41, 5.74) is 0.645. The van der Waals surface area contributed by atoms with E-state index in [0.29, 0.717) is 18.8 Å². The first-order valence-electron chi connectivity index (χ1n) is 7.65. The molecule has 2 amide bonds. The predicted molar refractivity (Wildman–Crippen MR) is 94.3 cm³/mol. The summed E-state index contributed by atoms with van der Waals surface area (Å²) in [6.45, 7) is 3.87. The average molecular weight is 334 g/mol. The number of hydrogen-bond acceptors (Lipinski definition) is 4. The molecule has 1 heterocycles. The lowest BCUT2D eigenvalue weighted by Gasteiger charge is -2.31. The van der Waals surface area contributed by atoms with Gasteiger partial charge in [-0.2, -0.15) is 0 Å². The van der Waals surface area contributed by atoms with Crippen molar-refractivity contribution in [1.82, 2.24) is 14.7 Å². The maximum absolute atomic E-state index is 12.6. The fraction of sp³-hybridized carbons (Fsp3) is 0.500. The number of carbonyl (C=O) groups excluding carboxylic acids is 2. The minimum absolute atomic E-state index is 0.0518. The van der Waals surface area contributed by atoms with Gasteiger partial charge in [0.25, 0.3) is 0 Å². The lowest BCUT2D eigenvalue weighted by molar-refractivity contribution is -0.137. The van der Waals surface area contributed by atoms with Crippen LogP contribution in [0, 0.1) is 5.92 Å². The molecule has 0 spiro atoms. The van der Waals surface area contributed by atoms with Gasteiger partial charge in [-0.1, -0.05) is 18.2 Å². The molecule has 1 atom stereocenters. The van der Waals surface area contributed by atoms with Gasteiger partial charge in [-0.3, -0.25) is 14.5 Å². The van der Waals surface area contributed by atoms with Crippen LogP contribution >= 0.6 is 12.2 Å². The van der Waals surface area contributed by atoms with Crippen LogP contribution in [0.4, 0.5) is 0 Å². The Morgan fingerprint density at radius 3 is 2.74 bits per heavy atom. The van der Waals surface area contributed by atoms with Crippen molar-refractivity contribution < 1.29 is 9.59 Å². The normalized spacial score (nSPS) is 19.9. The summed E-state index contributed by atoms with van der Waals surface area (Å²) < 4.78 is 0. The van der Waals surface area contributed by atoms with Crippen molar-refractivity contribution >= 4 is 34.9 Å². The zero-order chi connectivity index (χ0) is 17.0. The number of hydrogen-bond donors (Lipinski definition) is 0. The first-order valence-corrected chi connectivity index (χ1v) is 8.06. The van der Waals surface area contributed by atoms with Crippen LogP contribution < -0.4 is 0 Å². The fourth-order valence-electron chi connectivity index (χ4n) is 2.44. The number of amides is 2. The highest BCUT2D eigenvalue weighted by Gasteiger charge is 2.35. The minimum atomic E-state index is -0.434. The molecule has 0 aromatic carbocycles. The first-order chi connectivity index (χ1) is 10.9. The molecule has 2 rings (SSSR count). The van der Waals surface area contributed by atoms with Crippen LogP contribution in [0.1, 0.15) is 6.92 Å². The SMILES string of the molecule is CCN(CCN(C)C)C(=O)CN1C(=O)C2C=CC=CC2=NC1=S. The standard InChI is InChI=1S/C16H22N4O2S/c1-4-19(10-9-18(2)3)14(21)11-20-15(22)12-7-5-6-8-13(12)17-16(20)23/h5-8,12H,4,9-11H2,1-3H3. The van der Waals surface area contributed by atoms with Crippen LogP contribution in [0.25, 0.3) is 0 Å². The predicted octanol–water partition coefficient (Wildman–Crippen LogP) is 0.707. The molecule has 1 aliphatic heterocycles. The van der Waals surface area contributed by atoms with Crippen LogP contribution in [0.3, 0.4) is 0 Å². The van der Waals surface area contributed by atoms with Crippen molar-refractivity contribution in [3.63, 3.8) is 0 Å². The molecule has 0 saturated heterocycles. The summed E-state index contributed by atoms with van der Waals surface area (Å²) in [4.78, 5) is 34.4. The molecule has 0 radical (unpaired) electrons. The summed E-state index contributed by atoms with van der Waals surface area (Å²) in [5.74, 6) is -0.729. The quantitative estimate of drug-likeness (QED) is 0.671. The molecule has 0 N–H and O–H groups in total. The van der Waals surface area contributed by atoms with Crippen molar-refractivity contribution in [2.45, 2.75) is 6.92 Å². The Morgan fingerprint density at radius 1 is 1.35 bits per heavy atom. The number of likely N-dealkylation sites (N-methyl/N-ethyl adjacent to an activating group) is 2. The van der Waals surface area contributed by atoms with Gasteiger partial charge in [0.1, 0.15) is 6.54 Å². The third-order valence-electron chi connectivity index (χ3n) is 3.83. The summed E-state index contributed by atoms with van der Waals surface area (Å²) in [6.07, 6.45) is 7.20. The third kappa shape index (κ3) is 4.11. The third-order valence-corrected chi connectivity index (χ3v) is 4.14. The van der Waals surface area contributed by atoms with E-state index in [0.717, 1.165) is 6.54 Å². The van der Waals surface area contributed by atoms with E-state index >= 15 is 0 Å². The van der Waals surface area contributed by atoms with Crippen molar-refractivity contribution in [3.05, 3.63) is 24.3 Å². The average Bonchev–Trinajstić information content (AvgIpc) is 2.51. The summed E-state index contributed by atoms with van der Waals surface area (Å²) in [7, 11) is 3.92. The van der Waals surface area contributed by atoms with E-state index in [4.69, 9.17) is 12.2 Å². The number of allylic oxidation sites excluding steroid dienone is 3. The van der Waals surface area contributed by atoms with Gasteiger partial charge in [0.2, 0.25) is 16.9 Å². The molecule has 0 fully saturated rings. The van der Waals surface area contributed by atoms with Gasteiger partial charge in [-0.25, -0.2) is 4.99 Å². The van der Waals surface area contributed by atoms with Gasteiger partial charge >= 0.3 is 0 Å². The summed E-state index contributed by atoms with van der Waals surface area (Å²) in [5, 5.41) is 0.165. The smallest absolute Gasteiger partial charge is 0.242 e. The maximum Gasteiger partial charge on any atom is 0.242 e.